The highest BCUT2D eigenvalue weighted by molar-refractivity contribution is 7.07. The fraction of sp³-hybridized carbons (Fsp3) is 0.750. The standard InChI is InChI=1S/C16H27NS/c1-17-16(10-8-15-11-12-18-13-15)9-7-14-5-3-2-4-6-14/h11-14,16-17H,2-10H2,1H3. The molecule has 1 nitrogen and oxygen atoms in total. The minimum atomic E-state index is 0.715. The molecule has 2 heteroatoms. The number of nitrogens with one attached hydrogen (secondary N) is 1. The van der Waals surface area contributed by atoms with E-state index < -0.39 is 0 Å². The molecule has 1 aliphatic rings. The number of rotatable bonds is 7. The zero-order chi connectivity index (χ0) is 12.6. The van der Waals surface area contributed by atoms with Crippen LogP contribution in [-0.2, 0) is 6.42 Å². The molecule has 0 amide bonds. The molecule has 1 N–H and O–H groups in total. The molecule has 2 rings (SSSR count). The van der Waals surface area contributed by atoms with Gasteiger partial charge in [0.1, 0.15) is 0 Å². The number of thiophene rings is 1. The van der Waals surface area contributed by atoms with Gasteiger partial charge in [-0.05, 0) is 61.0 Å². The molecule has 0 bridgehead atoms. The van der Waals surface area contributed by atoms with Gasteiger partial charge in [-0.15, -0.1) is 0 Å². The molecule has 0 aromatic carbocycles. The van der Waals surface area contributed by atoms with Gasteiger partial charge in [0.2, 0.25) is 0 Å². The second kappa shape index (κ2) is 7.96. The highest BCUT2D eigenvalue weighted by Crippen LogP contribution is 2.28. The molecule has 1 heterocycles. The van der Waals surface area contributed by atoms with Crippen LogP contribution in [0, 0.1) is 5.92 Å². The van der Waals surface area contributed by atoms with Gasteiger partial charge in [-0.1, -0.05) is 32.1 Å². The number of hydrogen-bond acceptors (Lipinski definition) is 2. The highest BCUT2D eigenvalue weighted by Gasteiger charge is 2.15. The van der Waals surface area contributed by atoms with E-state index in [9.17, 15) is 0 Å². The summed E-state index contributed by atoms with van der Waals surface area (Å²) in [6.45, 7) is 0. The monoisotopic (exact) mass is 265 g/mol. The second-order valence-corrected chi connectivity index (χ2v) is 6.52. The van der Waals surface area contributed by atoms with Crippen molar-refractivity contribution >= 4 is 11.3 Å². The minimum Gasteiger partial charge on any atom is -0.317 e. The third-order valence-electron chi connectivity index (χ3n) is 4.42. The lowest BCUT2D eigenvalue weighted by Crippen LogP contribution is -2.26. The lowest BCUT2D eigenvalue weighted by Gasteiger charge is -2.24. The Balaban J connectivity index is 1.65. The predicted octanol–water partition coefficient (Wildman–Crippen LogP) is 4.63. The van der Waals surface area contributed by atoms with Crippen molar-refractivity contribution in [1.82, 2.24) is 5.32 Å². The average molecular weight is 265 g/mol. The molecule has 18 heavy (non-hydrogen) atoms. The Labute approximate surface area is 116 Å². The van der Waals surface area contributed by atoms with Gasteiger partial charge in [0.05, 0.1) is 0 Å². The summed E-state index contributed by atoms with van der Waals surface area (Å²) < 4.78 is 0. The third-order valence-corrected chi connectivity index (χ3v) is 5.15. The summed E-state index contributed by atoms with van der Waals surface area (Å²) in [4.78, 5) is 0. The van der Waals surface area contributed by atoms with Gasteiger partial charge in [-0.25, -0.2) is 0 Å². The Bertz CT molecular complexity index is 301. The first-order chi connectivity index (χ1) is 8.88. The van der Waals surface area contributed by atoms with Gasteiger partial charge >= 0.3 is 0 Å². The lowest BCUT2D eigenvalue weighted by atomic mass is 9.85. The highest BCUT2D eigenvalue weighted by atomic mass is 32.1. The summed E-state index contributed by atoms with van der Waals surface area (Å²) in [5.41, 5.74) is 1.51. The molecular weight excluding hydrogens is 238 g/mol. The molecule has 0 aliphatic heterocycles. The maximum absolute atomic E-state index is 3.51. The van der Waals surface area contributed by atoms with E-state index in [1.807, 2.05) is 11.3 Å². The van der Waals surface area contributed by atoms with Gasteiger partial charge in [0, 0.05) is 6.04 Å². The van der Waals surface area contributed by atoms with Crippen molar-refractivity contribution in [1.29, 1.82) is 0 Å². The first kappa shape index (κ1) is 14.1. The molecule has 1 aromatic heterocycles. The normalized spacial score (nSPS) is 18.9. The van der Waals surface area contributed by atoms with E-state index in [1.165, 1.54) is 63.4 Å². The Morgan fingerprint density at radius 1 is 1.28 bits per heavy atom. The maximum atomic E-state index is 3.51. The van der Waals surface area contributed by atoms with Gasteiger partial charge in [0.15, 0.2) is 0 Å². The Morgan fingerprint density at radius 2 is 2.11 bits per heavy atom. The predicted molar refractivity (Wildman–Crippen MR) is 81.3 cm³/mol. The van der Waals surface area contributed by atoms with Crippen LogP contribution in [0.5, 0.6) is 0 Å². The molecule has 1 unspecified atom stereocenters. The first-order valence-corrected chi connectivity index (χ1v) is 8.51. The van der Waals surface area contributed by atoms with Crippen molar-refractivity contribution in [2.75, 3.05) is 7.05 Å². The topological polar surface area (TPSA) is 12.0 Å². The van der Waals surface area contributed by atoms with Crippen molar-refractivity contribution in [2.24, 2.45) is 5.92 Å². The van der Waals surface area contributed by atoms with E-state index in [2.05, 4.69) is 29.2 Å². The number of aryl methyl sites for hydroxylation is 1. The van der Waals surface area contributed by atoms with Gasteiger partial charge in [-0.2, -0.15) is 11.3 Å². The van der Waals surface area contributed by atoms with E-state index in [1.54, 1.807) is 0 Å². The van der Waals surface area contributed by atoms with Crippen molar-refractivity contribution in [2.45, 2.75) is 63.8 Å². The molecule has 102 valence electrons. The van der Waals surface area contributed by atoms with Crippen LogP contribution in [0.25, 0.3) is 0 Å². The third kappa shape index (κ3) is 4.74. The van der Waals surface area contributed by atoms with E-state index in [0.29, 0.717) is 6.04 Å². The van der Waals surface area contributed by atoms with Crippen LogP contribution in [0.1, 0.15) is 56.9 Å². The number of hydrogen-bond donors (Lipinski definition) is 1. The van der Waals surface area contributed by atoms with Gasteiger partial charge < -0.3 is 5.32 Å². The molecule has 1 saturated carbocycles. The lowest BCUT2D eigenvalue weighted by molar-refractivity contribution is 0.313. The molecular formula is C16H27NS. The van der Waals surface area contributed by atoms with Gasteiger partial charge in [0.25, 0.3) is 0 Å². The quantitative estimate of drug-likeness (QED) is 0.758. The summed E-state index contributed by atoms with van der Waals surface area (Å²) in [5.74, 6) is 1.02. The summed E-state index contributed by atoms with van der Waals surface area (Å²) in [7, 11) is 2.12. The largest absolute Gasteiger partial charge is 0.317 e. The maximum Gasteiger partial charge on any atom is 0.00673 e. The van der Waals surface area contributed by atoms with Crippen LogP contribution in [-0.4, -0.2) is 13.1 Å². The molecule has 0 radical (unpaired) electrons. The van der Waals surface area contributed by atoms with Gasteiger partial charge in [-0.3, -0.25) is 0 Å². The summed E-state index contributed by atoms with van der Waals surface area (Å²) in [5, 5.41) is 7.98. The van der Waals surface area contributed by atoms with Crippen molar-refractivity contribution < 1.29 is 0 Å². The van der Waals surface area contributed by atoms with Crippen LogP contribution in [0.4, 0.5) is 0 Å². The smallest absolute Gasteiger partial charge is 0.00673 e. The second-order valence-electron chi connectivity index (χ2n) is 5.74. The SMILES string of the molecule is CNC(CCc1ccsc1)CCC1CCCCC1. The van der Waals surface area contributed by atoms with E-state index in [-0.39, 0.29) is 0 Å². The van der Waals surface area contributed by atoms with Crippen LogP contribution in [0.3, 0.4) is 0 Å². The van der Waals surface area contributed by atoms with Crippen molar-refractivity contribution in [3.05, 3.63) is 22.4 Å². The Hall–Kier alpha value is -0.340. The zero-order valence-electron chi connectivity index (χ0n) is 11.7. The van der Waals surface area contributed by atoms with Crippen LogP contribution >= 0.6 is 11.3 Å². The van der Waals surface area contributed by atoms with E-state index in [4.69, 9.17) is 0 Å². The molecule has 1 aliphatic carbocycles. The van der Waals surface area contributed by atoms with Crippen molar-refractivity contribution in [3.8, 4) is 0 Å². The molecule has 1 aromatic rings. The summed E-state index contributed by atoms with van der Waals surface area (Å²) in [6, 6.07) is 2.98. The van der Waals surface area contributed by atoms with Crippen molar-refractivity contribution in [3.63, 3.8) is 0 Å². The molecule has 0 saturated heterocycles. The van der Waals surface area contributed by atoms with Crippen LogP contribution < -0.4 is 5.32 Å². The fourth-order valence-electron chi connectivity index (χ4n) is 3.12. The Kier molecular flexibility index (Phi) is 6.22. The Morgan fingerprint density at radius 3 is 2.78 bits per heavy atom. The minimum absolute atomic E-state index is 0.715. The van der Waals surface area contributed by atoms with Crippen LogP contribution in [0.15, 0.2) is 16.8 Å². The molecule has 0 spiro atoms. The fourth-order valence-corrected chi connectivity index (χ4v) is 3.82. The summed E-state index contributed by atoms with van der Waals surface area (Å²) in [6.07, 6.45) is 12.7. The summed E-state index contributed by atoms with van der Waals surface area (Å²) >= 11 is 1.81. The van der Waals surface area contributed by atoms with E-state index in [0.717, 1.165) is 5.92 Å². The van der Waals surface area contributed by atoms with Crippen LogP contribution in [0.2, 0.25) is 0 Å². The molecule has 1 fully saturated rings. The van der Waals surface area contributed by atoms with E-state index >= 15 is 0 Å². The zero-order valence-corrected chi connectivity index (χ0v) is 12.5. The average Bonchev–Trinajstić information content (AvgIpc) is 2.93. The first-order valence-electron chi connectivity index (χ1n) is 7.57. The molecule has 1 atom stereocenters.